The Kier molecular flexibility index (Phi) is 4.40. The van der Waals surface area contributed by atoms with E-state index >= 15 is 0 Å². The molecule has 28 heavy (non-hydrogen) atoms. The number of aromatic nitrogens is 3. The summed E-state index contributed by atoms with van der Waals surface area (Å²) in [6, 6.07) is 10.3. The summed E-state index contributed by atoms with van der Waals surface area (Å²) in [7, 11) is 0. The summed E-state index contributed by atoms with van der Waals surface area (Å²) in [5, 5.41) is 6.47. The topological polar surface area (TPSA) is 97.2 Å². The fraction of sp³-hybridized carbons (Fsp3) is 0.105. The number of carbonyl (C=O) groups is 3. The van der Waals surface area contributed by atoms with E-state index in [9.17, 15) is 18.8 Å². The molecule has 1 aromatic heterocycles. The number of benzene rings is 2. The Balaban J connectivity index is 1.49. The van der Waals surface area contributed by atoms with E-state index in [1.807, 2.05) is 0 Å². The van der Waals surface area contributed by atoms with Gasteiger partial charge in [0, 0.05) is 24.1 Å². The summed E-state index contributed by atoms with van der Waals surface area (Å²) in [4.78, 5) is 40.8. The van der Waals surface area contributed by atoms with Gasteiger partial charge >= 0.3 is 0 Å². The molecule has 2 aromatic carbocycles. The van der Waals surface area contributed by atoms with Gasteiger partial charge in [0.15, 0.2) is 5.82 Å². The van der Waals surface area contributed by atoms with Crippen LogP contribution in [0.25, 0.3) is 5.69 Å². The van der Waals surface area contributed by atoms with Crippen molar-refractivity contribution in [2.24, 2.45) is 0 Å². The van der Waals surface area contributed by atoms with Crippen LogP contribution in [0.15, 0.2) is 55.1 Å². The molecule has 0 saturated carbocycles. The van der Waals surface area contributed by atoms with Gasteiger partial charge < -0.3 is 5.32 Å². The maximum atomic E-state index is 14.3. The zero-order chi connectivity index (χ0) is 19.7. The molecule has 1 saturated heterocycles. The van der Waals surface area contributed by atoms with Crippen molar-refractivity contribution in [1.29, 1.82) is 0 Å². The van der Waals surface area contributed by atoms with E-state index in [0.29, 0.717) is 11.3 Å². The molecule has 3 amide bonds. The molecule has 0 aliphatic carbocycles. The molecular weight excluding hydrogens is 365 g/mol. The minimum Gasteiger partial charge on any atom is -0.322 e. The van der Waals surface area contributed by atoms with Gasteiger partial charge in [-0.05, 0) is 42.5 Å². The first kappa shape index (κ1) is 17.5. The van der Waals surface area contributed by atoms with Crippen LogP contribution in [0.5, 0.6) is 0 Å². The van der Waals surface area contributed by atoms with Crippen LogP contribution in [0, 0.1) is 5.82 Å². The number of hydrogen-bond donors (Lipinski definition) is 1. The second-order valence-corrected chi connectivity index (χ2v) is 6.13. The predicted octanol–water partition coefficient (Wildman–Crippen LogP) is 2.31. The largest absolute Gasteiger partial charge is 0.322 e. The van der Waals surface area contributed by atoms with E-state index in [-0.39, 0.29) is 36.0 Å². The van der Waals surface area contributed by atoms with Crippen LogP contribution >= 0.6 is 0 Å². The van der Waals surface area contributed by atoms with Crippen molar-refractivity contribution in [2.45, 2.75) is 12.8 Å². The Hall–Kier alpha value is -3.88. The van der Waals surface area contributed by atoms with Gasteiger partial charge in [-0.1, -0.05) is 0 Å². The fourth-order valence-corrected chi connectivity index (χ4v) is 2.93. The summed E-state index contributed by atoms with van der Waals surface area (Å²) in [6.07, 6.45) is 3.05. The normalized spacial score (nSPS) is 13.8. The maximum absolute atomic E-state index is 14.3. The molecule has 1 aliphatic heterocycles. The van der Waals surface area contributed by atoms with Gasteiger partial charge in [-0.15, -0.1) is 0 Å². The lowest BCUT2D eigenvalue weighted by Crippen LogP contribution is -2.28. The highest BCUT2D eigenvalue weighted by Crippen LogP contribution is 2.23. The Labute approximate surface area is 158 Å². The monoisotopic (exact) mass is 379 g/mol. The minimum atomic E-state index is -0.565. The number of amides is 3. The summed E-state index contributed by atoms with van der Waals surface area (Å²) in [5.74, 6) is -1.53. The van der Waals surface area contributed by atoms with Gasteiger partial charge in [-0.25, -0.2) is 14.1 Å². The van der Waals surface area contributed by atoms with E-state index < -0.39 is 11.7 Å². The molecule has 2 heterocycles. The first-order valence-corrected chi connectivity index (χ1v) is 8.45. The van der Waals surface area contributed by atoms with Gasteiger partial charge in [0.05, 0.1) is 5.69 Å². The molecule has 8 nitrogen and oxygen atoms in total. The molecule has 1 N–H and O–H groups in total. The lowest BCUT2D eigenvalue weighted by atomic mass is 10.1. The lowest BCUT2D eigenvalue weighted by Gasteiger charge is -2.14. The number of hydrogen-bond acceptors (Lipinski definition) is 5. The van der Waals surface area contributed by atoms with Crippen LogP contribution in [-0.4, -0.2) is 32.5 Å². The maximum Gasteiger partial charge on any atom is 0.255 e. The van der Waals surface area contributed by atoms with Crippen LogP contribution in [0.2, 0.25) is 0 Å². The first-order chi connectivity index (χ1) is 13.5. The number of imide groups is 1. The average molecular weight is 379 g/mol. The third-order valence-corrected chi connectivity index (χ3v) is 4.31. The van der Waals surface area contributed by atoms with Crippen molar-refractivity contribution in [3.63, 3.8) is 0 Å². The molecule has 0 unspecified atom stereocenters. The Morgan fingerprint density at radius 3 is 2.36 bits per heavy atom. The van der Waals surface area contributed by atoms with Gasteiger partial charge in [0.25, 0.3) is 5.91 Å². The van der Waals surface area contributed by atoms with Crippen LogP contribution < -0.4 is 10.2 Å². The van der Waals surface area contributed by atoms with Crippen LogP contribution in [0.3, 0.4) is 0 Å². The Morgan fingerprint density at radius 2 is 1.75 bits per heavy atom. The number of anilines is 2. The number of halogens is 1. The molecule has 0 atom stereocenters. The first-order valence-electron chi connectivity index (χ1n) is 8.45. The van der Waals surface area contributed by atoms with E-state index in [2.05, 4.69) is 15.4 Å². The summed E-state index contributed by atoms with van der Waals surface area (Å²) in [6.45, 7) is 0. The highest BCUT2D eigenvalue weighted by atomic mass is 19.1. The Morgan fingerprint density at radius 1 is 1.04 bits per heavy atom. The number of carbonyl (C=O) groups excluding carboxylic acids is 3. The van der Waals surface area contributed by atoms with Crippen LogP contribution in [0.1, 0.15) is 23.2 Å². The third-order valence-electron chi connectivity index (χ3n) is 4.31. The van der Waals surface area contributed by atoms with Crippen molar-refractivity contribution in [2.75, 3.05) is 10.2 Å². The smallest absolute Gasteiger partial charge is 0.255 e. The van der Waals surface area contributed by atoms with Gasteiger partial charge in [0.2, 0.25) is 11.8 Å². The van der Waals surface area contributed by atoms with Crippen molar-refractivity contribution < 1.29 is 18.8 Å². The predicted molar refractivity (Wildman–Crippen MR) is 97.4 cm³/mol. The molecule has 9 heteroatoms. The van der Waals surface area contributed by atoms with Gasteiger partial charge in [0.1, 0.15) is 18.3 Å². The average Bonchev–Trinajstić information content (AvgIpc) is 3.32. The van der Waals surface area contributed by atoms with Crippen molar-refractivity contribution in [3.05, 3.63) is 66.5 Å². The summed E-state index contributed by atoms with van der Waals surface area (Å²) in [5.41, 5.74) is 1.22. The fourth-order valence-electron chi connectivity index (χ4n) is 2.93. The molecule has 140 valence electrons. The second kappa shape index (κ2) is 7.03. The van der Waals surface area contributed by atoms with E-state index in [1.54, 1.807) is 6.07 Å². The molecule has 4 rings (SSSR count). The molecule has 0 bridgehead atoms. The standard InChI is InChI=1S/C19H14FN5O3/c20-15-9-13(3-6-16(15)24-11-21-10-22-24)23-19(28)12-1-4-14(5-2-12)25-17(26)7-8-18(25)27/h1-6,9-11H,7-8H2,(H,23,28). The molecule has 1 fully saturated rings. The summed E-state index contributed by atoms with van der Waals surface area (Å²) >= 11 is 0. The van der Waals surface area contributed by atoms with E-state index in [0.717, 1.165) is 4.90 Å². The minimum absolute atomic E-state index is 0.192. The molecule has 3 aromatic rings. The quantitative estimate of drug-likeness (QED) is 0.702. The second-order valence-electron chi connectivity index (χ2n) is 6.13. The Bertz CT molecular complexity index is 1050. The van der Waals surface area contributed by atoms with Crippen molar-refractivity contribution in [3.8, 4) is 5.69 Å². The van der Waals surface area contributed by atoms with Crippen molar-refractivity contribution in [1.82, 2.24) is 14.8 Å². The number of nitrogens with one attached hydrogen (secondary N) is 1. The molecule has 1 aliphatic rings. The third kappa shape index (κ3) is 3.25. The van der Waals surface area contributed by atoms with Gasteiger partial charge in [-0.3, -0.25) is 19.3 Å². The number of nitrogens with zero attached hydrogens (tertiary/aromatic N) is 4. The van der Waals surface area contributed by atoms with Gasteiger partial charge in [-0.2, -0.15) is 5.10 Å². The van der Waals surface area contributed by atoms with Crippen LogP contribution in [0.4, 0.5) is 15.8 Å². The highest BCUT2D eigenvalue weighted by Gasteiger charge is 2.30. The zero-order valence-electron chi connectivity index (χ0n) is 14.5. The lowest BCUT2D eigenvalue weighted by molar-refractivity contribution is -0.121. The van der Waals surface area contributed by atoms with E-state index in [4.69, 9.17) is 0 Å². The zero-order valence-corrected chi connectivity index (χ0v) is 14.5. The SMILES string of the molecule is O=C(Nc1ccc(-n2cncn2)c(F)c1)c1ccc(N2C(=O)CCC2=O)cc1. The summed E-state index contributed by atoms with van der Waals surface area (Å²) < 4.78 is 15.5. The number of rotatable bonds is 4. The van der Waals surface area contributed by atoms with Crippen LogP contribution in [-0.2, 0) is 9.59 Å². The molecule has 0 radical (unpaired) electrons. The van der Waals surface area contributed by atoms with Crippen molar-refractivity contribution >= 4 is 29.1 Å². The molecular formula is C19H14FN5O3. The highest BCUT2D eigenvalue weighted by molar-refractivity contribution is 6.20. The van der Waals surface area contributed by atoms with E-state index in [1.165, 1.54) is 53.7 Å². The molecule has 0 spiro atoms.